The predicted octanol–water partition coefficient (Wildman–Crippen LogP) is 1.32. The minimum atomic E-state index is -0.948. The number of aliphatic carboxylic acids is 1. The Balaban J connectivity index is 1.95. The number of imidazole rings is 1. The first kappa shape index (κ1) is 13.4. The number of carbonyl (C=O) groups is 2. The highest BCUT2D eigenvalue weighted by Crippen LogP contribution is 2.29. The molecule has 0 aliphatic carbocycles. The van der Waals surface area contributed by atoms with Crippen LogP contribution in [-0.2, 0) is 17.9 Å². The van der Waals surface area contributed by atoms with Crippen LogP contribution in [0.4, 0.5) is 0 Å². The number of fused-ring (bicyclic) bond motifs is 1. The quantitative estimate of drug-likeness (QED) is 0.920. The van der Waals surface area contributed by atoms with Gasteiger partial charge in [0.05, 0.1) is 36.1 Å². The smallest absolute Gasteiger partial charge is 0.314 e. The molecular weight excluding hydrogens is 274 g/mol. The largest absolute Gasteiger partial charge is 0.481 e. The van der Waals surface area contributed by atoms with Gasteiger partial charge in [0.1, 0.15) is 12.2 Å². The van der Waals surface area contributed by atoms with Gasteiger partial charge in [-0.3, -0.25) is 9.59 Å². The summed E-state index contributed by atoms with van der Waals surface area (Å²) in [6.45, 7) is 3.04. The van der Waals surface area contributed by atoms with Crippen LogP contribution in [0.1, 0.15) is 34.6 Å². The molecule has 0 aromatic carbocycles. The van der Waals surface area contributed by atoms with Crippen molar-refractivity contribution in [1.82, 2.24) is 14.5 Å². The van der Waals surface area contributed by atoms with Crippen molar-refractivity contribution in [3.05, 3.63) is 41.9 Å². The van der Waals surface area contributed by atoms with Crippen LogP contribution in [-0.4, -0.2) is 38.0 Å². The number of nitrogens with zero attached hydrogens (tertiary/aromatic N) is 3. The fraction of sp³-hybridized carbons (Fsp3) is 0.357. The molecule has 7 nitrogen and oxygen atoms in total. The normalized spacial score (nSPS) is 17.6. The van der Waals surface area contributed by atoms with Crippen molar-refractivity contribution >= 4 is 11.9 Å². The Labute approximate surface area is 120 Å². The van der Waals surface area contributed by atoms with E-state index in [1.54, 1.807) is 12.4 Å². The minimum absolute atomic E-state index is 0.137. The monoisotopic (exact) mass is 289 g/mol. The summed E-state index contributed by atoms with van der Waals surface area (Å²) in [6.07, 6.45) is 4.41. The van der Waals surface area contributed by atoms with Crippen LogP contribution >= 0.6 is 0 Å². The van der Waals surface area contributed by atoms with E-state index in [9.17, 15) is 14.7 Å². The number of hydrogen-bond donors (Lipinski definition) is 1. The highest BCUT2D eigenvalue weighted by molar-refractivity contribution is 5.94. The number of hydrogen-bond acceptors (Lipinski definition) is 4. The molecule has 1 amide bonds. The third-order valence-electron chi connectivity index (χ3n) is 3.73. The fourth-order valence-electron chi connectivity index (χ4n) is 2.68. The second-order valence-electron chi connectivity index (χ2n) is 4.95. The van der Waals surface area contributed by atoms with E-state index in [1.165, 1.54) is 17.4 Å². The van der Waals surface area contributed by atoms with Gasteiger partial charge in [-0.2, -0.15) is 0 Å². The maximum Gasteiger partial charge on any atom is 0.314 e. The number of amides is 1. The number of carboxylic acid groups (broad SMARTS) is 1. The first-order valence-electron chi connectivity index (χ1n) is 6.70. The van der Waals surface area contributed by atoms with Gasteiger partial charge in [0, 0.05) is 13.1 Å². The Bertz CT molecular complexity index is 674. The van der Waals surface area contributed by atoms with Crippen molar-refractivity contribution in [2.24, 2.45) is 0 Å². The van der Waals surface area contributed by atoms with Crippen LogP contribution in [0.25, 0.3) is 0 Å². The van der Waals surface area contributed by atoms with E-state index in [2.05, 4.69) is 4.98 Å². The van der Waals surface area contributed by atoms with Gasteiger partial charge in [0.2, 0.25) is 0 Å². The summed E-state index contributed by atoms with van der Waals surface area (Å²) in [6, 6.07) is 1.57. The lowest BCUT2D eigenvalue weighted by atomic mass is 9.97. The molecule has 0 unspecified atom stereocenters. The molecule has 0 saturated heterocycles. The number of carbonyl (C=O) groups excluding carboxylic acids is 1. The van der Waals surface area contributed by atoms with Gasteiger partial charge < -0.3 is 19.0 Å². The summed E-state index contributed by atoms with van der Waals surface area (Å²) in [4.78, 5) is 29.6. The molecule has 0 radical (unpaired) electrons. The highest BCUT2D eigenvalue weighted by Gasteiger charge is 2.36. The molecule has 3 heterocycles. The van der Waals surface area contributed by atoms with Crippen LogP contribution in [0.15, 0.2) is 29.3 Å². The Morgan fingerprint density at radius 2 is 2.33 bits per heavy atom. The van der Waals surface area contributed by atoms with E-state index in [-0.39, 0.29) is 12.5 Å². The number of furan rings is 1. The lowest BCUT2D eigenvalue weighted by Gasteiger charge is -2.30. The van der Waals surface area contributed by atoms with E-state index in [4.69, 9.17) is 4.42 Å². The predicted molar refractivity (Wildman–Crippen MR) is 71.7 cm³/mol. The fourth-order valence-corrected chi connectivity index (χ4v) is 2.68. The summed E-state index contributed by atoms with van der Waals surface area (Å²) in [7, 11) is 0. The second-order valence-corrected chi connectivity index (χ2v) is 4.95. The van der Waals surface area contributed by atoms with Crippen molar-refractivity contribution in [3.8, 4) is 0 Å². The molecule has 1 atom stereocenters. The number of carboxylic acids is 1. The molecule has 2 aromatic heterocycles. The molecule has 1 aliphatic heterocycles. The molecular formula is C14H15N3O4. The first-order valence-corrected chi connectivity index (χ1v) is 6.70. The van der Waals surface area contributed by atoms with E-state index < -0.39 is 11.9 Å². The van der Waals surface area contributed by atoms with E-state index in [0.717, 1.165) is 0 Å². The molecule has 21 heavy (non-hydrogen) atoms. The summed E-state index contributed by atoms with van der Waals surface area (Å²) in [5, 5.41) is 9.46. The average molecular weight is 289 g/mol. The molecule has 7 heteroatoms. The van der Waals surface area contributed by atoms with Gasteiger partial charge in [0.25, 0.3) is 5.91 Å². The Kier molecular flexibility index (Phi) is 3.25. The molecule has 3 rings (SSSR count). The lowest BCUT2D eigenvalue weighted by molar-refractivity contribution is -0.139. The average Bonchev–Trinajstić information content (AvgIpc) is 3.14. The maximum atomic E-state index is 12.4. The number of aromatic nitrogens is 2. The van der Waals surface area contributed by atoms with Crippen LogP contribution in [0.5, 0.6) is 0 Å². The van der Waals surface area contributed by atoms with Gasteiger partial charge in [-0.1, -0.05) is 0 Å². The topological polar surface area (TPSA) is 88.6 Å². The zero-order chi connectivity index (χ0) is 15.0. The Morgan fingerprint density at radius 1 is 1.52 bits per heavy atom. The molecule has 2 aromatic rings. The van der Waals surface area contributed by atoms with Crippen molar-refractivity contribution in [3.63, 3.8) is 0 Å². The third-order valence-corrected chi connectivity index (χ3v) is 3.73. The van der Waals surface area contributed by atoms with Crippen molar-refractivity contribution in [2.45, 2.75) is 25.9 Å². The molecule has 1 N–H and O–H groups in total. The van der Waals surface area contributed by atoms with Crippen molar-refractivity contribution < 1.29 is 19.1 Å². The van der Waals surface area contributed by atoms with Gasteiger partial charge in [-0.25, -0.2) is 4.98 Å². The second kappa shape index (κ2) is 5.08. The molecule has 0 saturated carbocycles. The summed E-state index contributed by atoms with van der Waals surface area (Å²) < 4.78 is 6.74. The summed E-state index contributed by atoms with van der Waals surface area (Å²) >= 11 is 0. The van der Waals surface area contributed by atoms with E-state index in [0.29, 0.717) is 30.0 Å². The standard InChI is InChI=1S/C14H15N3O4/c1-2-16-8-15-11-6-17(5-10(12(11)16)14(19)20)13(18)9-3-4-21-7-9/h3-4,7-8,10H,2,5-6H2,1H3,(H,19,20)/t10-/m1/s1. The van der Waals surface area contributed by atoms with Gasteiger partial charge in [-0.15, -0.1) is 0 Å². The lowest BCUT2D eigenvalue weighted by Crippen LogP contribution is -2.41. The zero-order valence-electron chi connectivity index (χ0n) is 11.5. The Morgan fingerprint density at radius 3 is 2.95 bits per heavy atom. The number of rotatable bonds is 3. The highest BCUT2D eigenvalue weighted by atomic mass is 16.4. The molecule has 0 bridgehead atoms. The van der Waals surface area contributed by atoms with E-state index in [1.807, 2.05) is 11.5 Å². The third kappa shape index (κ3) is 2.20. The molecule has 1 aliphatic rings. The van der Waals surface area contributed by atoms with Crippen molar-refractivity contribution in [1.29, 1.82) is 0 Å². The maximum absolute atomic E-state index is 12.4. The molecule has 110 valence electrons. The van der Waals surface area contributed by atoms with Crippen LogP contribution in [0, 0.1) is 0 Å². The van der Waals surface area contributed by atoms with Crippen LogP contribution < -0.4 is 0 Å². The molecule has 0 spiro atoms. The molecule has 0 fully saturated rings. The summed E-state index contributed by atoms with van der Waals surface area (Å²) in [5.41, 5.74) is 1.76. The van der Waals surface area contributed by atoms with Gasteiger partial charge in [-0.05, 0) is 13.0 Å². The minimum Gasteiger partial charge on any atom is -0.481 e. The van der Waals surface area contributed by atoms with Crippen LogP contribution in [0.2, 0.25) is 0 Å². The zero-order valence-corrected chi connectivity index (χ0v) is 11.5. The van der Waals surface area contributed by atoms with Gasteiger partial charge in [0.15, 0.2) is 0 Å². The number of aryl methyl sites for hydroxylation is 1. The van der Waals surface area contributed by atoms with Gasteiger partial charge >= 0.3 is 5.97 Å². The first-order chi connectivity index (χ1) is 10.1. The SMILES string of the molecule is CCn1cnc2c1[C@H](C(=O)O)CN(C(=O)c1ccoc1)C2. The van der Waals surface area contributed by atoms with Crippen LogP contribution in [0.3, 0.4) is 0 Å². The van der Waals surface area contributed by atoms with Crippen molar-refractivity contribution in [2.75, 3.05) is 6.54 Å². The Hall–Kier alpha value is -2.57. The summed E-state index contributed by atoms with van der Waals surface area (Å²) in [5.74, 6) is -1.95. The van der Waals surface area contributed by atoms with E-state index >= 15 is 0 Å².